The number of rotatable bonds is 5. The Morgan fingerprint density at radius 3 is 2.47 bits per heavy atom. The van der Waals surface area contributed by atoms with E-state index in [0.29, 0.717) is 19.0 Å². The van der Waals surface area contributed by atoms with E-state index in [4.69, 9.17) is 5.73 Å². The minimum atomic E-state index is 0.0801. The van der Waals surface area contributed by atoms with Gasteiger partial charge in [-0.1, -0.05) is 6.92 Å². The van der Waals surface area contributed by atoms with E-state index < -0.39 is 0 Å². The summed E-state index contributed by atoms with van der Waals surface area (Å²) >= 11 is 0. The van der Waals surface area contributed by atoms with Crippen LogP contribution in [0.25, 0.3) is 0 Å². The van der Waals surface area contributed by atoms with Crippen molar-refractivity contribution < 1.29 is 4.79 Å². The third-order valence-corrected chi connectivity index (χ3v) is 4.11. The zero-order chi connectivity index (χ0) is 12.8. The first-order valence-electron chi connectivity index (χ1n) is 6.71. The molecule has 0 spiro atoms. The highest BCUT2D eigenvalue weighted by Gasteiger charge is 2.26. The third kappa shape index (κ3) is 4.28. The van der Waals surface area contributed by atoms with Gasteiger partial charge in [0, 0.05) is 32.1 Å². The molecule has 3 N–H and O–H groups in total. The van der Waals surface area contributed by atoms with Crippen LogP contribution in [0.4, 0.5) is 0 Å². The first kappa shape index (κ1) is 14.5. The summed E-state index contributed by atoms with van der Waals surface area (Å²) in [4.78, 5) is 13.7. The first-order valence-corrected chi connectivity index (χ1v) is 6.71. The molecule has 0 aromatic rings. The highest BCUT2D eigenvalue weighted by atomic mass is 16.1. The molecular formula is C13H27N3O. The third-order valence-electron chi connectivity index (χ3n) is 4.11. The van der Waals surface area contributed by atoms with Gasteiger partial charge in [0.2, 0.25) is 5.91 Å². The molecule has 0 bridgehead atoms. The van der Waals surface area contributed by atoms with Crippen molar-refractivity contribution in [2.45, 2.75) is 51.1 Å². The van der Waals surface area contributed by atoms with E-state index in [2.05, 4.69) is 24.2 Å². The molecule has 0 aliphatic heterocycles. The number of nitrogens with one attached hydrogen (secondary N) is 1. The number of nitrogens with two attached hydrogens (primary N) is 1. The average molecular weight is 241 g/mol. The van der Waals surface area contributed by atoms with Gasteiger partial charge in [-0.3, -0.25) is 9.69 Å². The van der Waals surface area contributed by atoms with Crippen LogP contribution in [-0.2, 0) is 4.79 Å². The molecular weight excluding hydrogens is 214 g/mol. The summed E-state index contributed by atoms with van der Waals surface area (Å²) in [5.74, 6) is 0.936. The summed E-state index contributed by atoms with van der Waals surface area (Å²) in [7, 11) is 3.79. The molecule has 0 aromatic heterocycles. The average Bonchev–Trinajstić information content (AvgIpc) is 2.35. The molecule has 0 aromatic carbocycles. The van der Waals surface area contributed by atoms with E-state index in [1.807, 2.05) is 0 Å². The van der Waals surface area contributed by atoms with Crippen LogP contribution >= 0.6 is 0 Å². The Bertz CT molecular complexity index is 237. The van der Waals surface area contributed by atoms with E-state index >= 15 is 0 Å². The van der Waals surface area contributed by atoms with E-state index in [1.165, 1.54) is 25.7 Å². The molecule has 1 atom stereocenters. The number of hydrogen-bond donors (Lipinski definition) is 2. The van der Waals surface area contributed by atoms with Crippen molar-refractivity contribution in [3.8, 4) is 0 Å². The van der Waals surface area contributed by atoms with Crippen LogP contribution in [0.2, 0.25) is 0 Å². The van der Waals surface area contributed by atoms with Crippen LogP contribution < -0.4 is 11.1 Å². The van der Waals surface area contributed by atoms with Gasteiger partial charge >= 0.3 is 0 Å². The lowest BCUT2D eigenvalue weighted by Gasteiger charge is -2.38. The molecule has 0 radical (unpaired) electrons. The smallest absolute Gasteiger partial charge is 0.221 e. The predicted molar refractivity (Wildman–Crippen MR) is 70.7 cm³/mol. The lowest BCUT2D eigenvalue weighted by atomic mass is 9.86. The molecule has 0 saturated heterocycles. The lowest BCUT2D eigenvalue weighted by molar-refractivity contribution is -0.121. The minimum Gasteiger partial charge on any atom is -0.359 e. The Hall–Kier alpha value is -0.610. The summed E-state index contributed by atoms with van der Waals surface area (Å²) in [6, 6.07) is 0.776. The molecule has 4 nitrogen and oxygen atoms in total. The molecule has 0 heterocycles. The second-order valence-corrected chi connectivity index (χ2v) is 5.35. The van der Waals surface area contributed by atoms with Crippen LogP contribution in [0.5, 0.6) is 0 Å². The molecule has 100 valence electrons. The van der Waals surface area contributed by atoms with Gasteiger partial charge in [0.15, 0.2) is 0 Å². The standard InChI is InChI=1S/C13H27N3O/c1-10-4-6-11(7-5-10)16(3)12(9-14)8-13(17)15-2/h10-12H,4-9,14H2,1-3H3,(H,15,17). The Kier molecular flexibility index (Phi) is 5.92. The number of nitrogens with zero attached hydrogens (tertiary/aromatic N) is 1. The van der Waals surface area contributed by atoms with Gasteiger partial charge in [0.1, 0.15) is 0 Å². The van der Waals surface area contributed by atoms with Gasteiger partial charge in [-0.2, -0.15) is 0 Å². The second-order valence-electron chi connectivity index (χ2n) is 5.35. The number of hydrogen-bond acceptors (Lipinski definition) is 3. The number of likely N-dealkylation sites (N-methyl/N-ethyl adjacent to an activating group) is 1. The summed E-state index contributed by atoms with van der Waals surface area (Å²) in [5.41, 5.74) is 5.79. The zero-order valence-corrected chi connectivity index (χ0v) is 11.4. The fraction of sp³-hybridized carbons (Fsp3) is 0.923. The summed E-state index contributed by atoms with van der Waals surface area (Å²) in [6.45, 7) is 2.87. The van der Waals surface area contributed by atoms with E-state index in [-0.39, 0.29) is 11.9 Å². The van der Waals surface area contributed by atoms with E-state index in [0.717, 1.165) is 5.92 Å². The maximum atomic E-state index is 11.4. The number of carbonyl (C=O) groups excluding carboxylic acids is 1. The molecule has 4 heteroatoms. The lowest BCUT2D eigenvalue weighted by Crippen LogP contribution is -2.47. The highest BCUT2D eigenvalue weighted by Crippen LogP contribution is 2.27. The normalized spacial score (nSPS) is 26.9. The molecule has 1 fully saturated rings. The molecule has 1 unspecified atom stereocenters. The van der Waals surface area contributed by atoms with Gasteiger partial charge in [0.25, 0.3) is 0 Å². The SMILES string of the molecule is CNC(=O)CC(CN)N(C)C1CCC(C)CC1. The quantitative estimate of drug-likeness (QED) is 0.754. The fourth-order valence-electron chi connectivity index (χ4n) is 2.66. The Balaban J connectivity index is 2.47. The number of amides is 1. The molecule has 17 heavy (non-hydrogen) atoms. The summed E-state index contributed by atoms with van der Waals surface area (Å²) < 4.78 is 0. The van der Waals surface area contributed by atoms with Crippen molar-refractivity contribution in [2.75, 3.05) is 20.6 Å². The van der Waals surface area contributed by atoms with Gasteiger partial charge < -0.3 is 11.1 Å². The van der Waals surface area contributed by atoms with E-state index in [1.54, 1.807) is 7.05 Å². The largest absolute Gasteiger partial charge is 0.359 e. The van der Waals surface area contributed by atoms with Crippen molar-refractivity contribution in [1.29, 1.82) is 0 Å². The second kappa shape index (κ2) is 6.97. The molecule has 1 rings (SSSR count). The van der Waals surface area contributed by atoms with Crippen LogP contribution in [0.15, 0.2) is 0 Å². The van der Waals surface area contributed by atoms with Crippen LogP contribution in [0.3, 0.4) is 0 Å². The van der Waals surface area contributed by atoms with E-state index in [9.17, 15) is 4.79 Å². The maximum absolute atomic E-state index is 11.4. The molecule has 1 saturated carbocycles. The van der Waals surface area contributed by atoms with Gasteiger partial charge in [-0.25, -0.2) is 0 Å². The van der Waals surface area contributed by atoms with Crippen LogP contribution in [0, 0.1) is 5.92 Å². The Morgan fingerprint density at radius 1 is 1.41 bits per heavy atom. The van der Waals surface area contributed by atoms with Crippen LogP contribution in [0.1, 0.15) is 39.0 Å². The first-order chi connectivity index (χ1) is 8.08. The van der Waals surface area contributed by atoms with Crippen molar-refractivity contribution in [2.24, 2.45) is 11.7 Å². The number of carbonyl (C=O) groups is 1. The summed E-state index contributed by atoms with van der Waals surface area (Å²) in [5, 5.41) is 2.67. The Labute approximate surface area is 105 Å². The minimum absolute atomic E-state index is 0.0801. The maximum Gasteiger partial charge on any atom is 0.221 e. The van der Waals surface area contributed by atoms with Crippen molar-refractivity contribution >= 4 is 5.91 Å². The van der Waals surface area contributed by atoms with Gasteiger partial charge in [0.05, 0.1) is 0 Å². The molecule has 1 aliphatic carbocycles. The molecule has 1 amide bonds. The Morgan fingerprint density at radius 2 is 2.00 bits per heavy atom. The van der Waals surface area contributed by atoms with Gasteiger partial charge in [-0.15, -0.1) is 0 Å². The predicted octanol–water partition coefficient (Wildman–Crippen LogP) is 0.960. The zero-order valence-electron chi connectivity index (χ0n) is 11.4. The van der Waals surface area contributed by atoms with Crippen LogP contribution in [-0.4, -0.2) is 43.5 Å². The van der Waals surface area contributed by atoms with Crippen molar-refractivity contribution in [3.05, 3.63) is 0 Å². The van der Waals surface area contributed by atoms with Gasteiger partial charge in [-0.05, 0) is 38.6 Å². The topological polar surface area (TPSA) is 58.4 Å². The fourth-order valence-corrected chi connectivity index (χ4v) is 2.66. The van der Waals surface area contributed by atoms with Crippen molar-refractivity contribution in [1.82, 2.24) is 10.2 Å². The van der Waals surface area contributed by atoms with Crippen molar-refractivity contribution in [3.63, 3.8) is 0 Å². The monoisotopic (exact) mass is 241 g/mol. The summed E-state index contributed by atoms with van der Waals surface area (Å²) in [6.07, 6.45) is 5.58. The molecule has 1 aliphatic rings. The highest BCUT2D eigenvalue weighted by molar-refractivity contribution is 5.76.